The van der Waals surface area contributed by atoms with Gasteiger partial charge in [0.1, 0.15) is 5.75 Å². The van der Waals surface area contributed by atoms with E-state index < -0.39 is 12.3 Å². The lowest BCUT2D eigenvalue weighted by Gasteiger charge is -2.42. The number of hydrogen-bond donors (Lipinski definition) is 0. The molecule has 2 aliphatic rings. The van der Waals surface area contributed by atoms with Crippen LogP contribution in [0.3, 0.4) is 0 Å². The number of allylic oxidation sites excluding steroid dienone is 1. The SMILES string of the molecule is COC(=O)C1=C[C@H](c2ccc(OC)cc2)[C@H]2CC[C@H](CC(=O)c3ccccc3)O[C@@H]2O1. The Morgan fingerprint density at radius 3 is 2.42 bits per heavy atom. The zero-order valence-corrected chi connectivity index (χ0v) is 17.7. The van der Waals surface area contributed by atoms with E-state index in [0.717, 1.165) is 24.2 Å². The zero-order valence-electron chi connectivity index (χ0n) is 17.7. The van der Waals surface area contributed by atoms with Crippen molar-refractivity contribution in [3.8, 4) is 5.75 Å². The van der Waals surface area contributed by atoms with Gasteiger partial charge in [-0.2, -0.15) is 0 Å². The molecule has 2 heterocycles. The second kappa shape index (κ2) is 9.35. The molecular weight excluding hydrogens is 396 g/mol. The molecule has 2 aromatic rings. The van der Waals surface area contributed by atoms with Gasteiger partial charge in [0.25, 0.3) is 0 Å². The van der Waals surface area contributed by atoms with Crippen molar-refractivity contribution >= 4 is 11.8 Å². The summed E-state index contributed by atoms with van der Waals surface area (Å²) in [6.45, 7) is 0. The van der Waals surface area contributed by atoms with Gasteiger partial charge in [0.2, 0.25) is 12.0 Å². The average molecular weight is 422 g/mol. The van der Waals surface area contributed by atoms with Crippen LogP contribution >= 0.6 is 0 Å². The molecule has 0 saturated carbocycles. The van der Waals surface area contributed by atoms with Crippen LogP contribution < -0.4 is 4.74 Å². The molecule has 0 radical (unpaired) electrons. The fourth-order valence-corrected chi connectivity index (χ4v) is 4.27. The highest BCUT2D eigenvalue weighted by atomic mass is 16.7. The molecular formula is C25H26O6. The first-order valence-electron chi connectivity index (χ1n) is 10.4. The second-order valence-electron chi connectivity index (χ2n) is 7.80. The highest BCUT2D eigenvalue weighted by Gasteiger charge is 2.43. The Hall–Kier alpha value is -3.12. The number of methoxy groups -OCH3 is 2. The molecule has 0 N–H and O–H groups in total. The van der Waals surface area contributed by atoms with Crippen molar-refractivity contribution in [3.05, 3.63) is 77.6 Å². The maximum absolute atomic E-state index is 12.6. The number of esters is 1. The van der Waals surface area contributed by atoms with Crippen molar-refractivity contribution in [2.24, 2.45) is 5.92 Å². The fourth-order valence-electron chi connectivity index (χ4n) is 4.27. The summed E-state index contributed by atoms with van der Waals surface area (Å²) in [6.07, 6.45) is 2.78. The molecule has 1 saturated heterocycles. The van der Waals surface area contributed by atoms with Crippen LogP contribution in [0.5, 0.6) is 5.75 Å². The Labute approximate surface area is 181 Å². The number of Topliss-reactive ketones (excluding diaryl/α,β-unsaturated/α-hetero) is 1. The molecule has 1 fully saturated rings. The molecule has 2 aromatic carbocycles. The van der Waals surface area contributed by atoms with Crippen LogP contribution in [0.4, 0.5) is 0 Å². The van der Waals surface area contributed by atoms with Crippen LogP contribution in [0.15, 0.2) is 66.4 Å². The highest BCUT2D eigenvalue weighted by Crippen LogP contribution is 2.43. The lowest BCUT2D eigenvalue weighted by Crippen LogP contribution is -2.43. The van der Waals surface area contributed by atoms with Crippen molar-refractivity contribution in [3.63, 3.8) is 0 Å². The van der Waals surface area contributed by atoms with Gasteiger partial charge in [0.15, 0.2) is 5.78 Å². The highest BCUT2D eigenvalue weighted by molar-refractivity contribution is 5.96. The number of carbonyl (C=O) groups is 2. The van der Waals surface area contributed by atoms with Crippen LogP contribution in [0.25, 0.3) is 0 Å². The number of hydrogen-bond acceptors (Lipinski definition) is 6. The molecule has 162 valence electrons. The number of fused-ring (bicyclic) bond motifs is 1. The van der Waals surface area contributed by atoms with E-state index in [-0.39, 0.29) is 35.9 Å². The third kappa shape index (κ3) is 4.64. The zero-order chi connectivity index (χ0) is 21.8. The molecule has 0 aliphatic carbocycles. The van der Waals surface area contributed by atoms with Gasteiger partial charge in [-0.15, -0.1) is 0 Å². The predicted molar refractivity (Wildman–Crippen MR) is 114 cm³/mol. The van der Waals surface area contributed by atoms with Gasteiger partial charge in [0.05, 0.1) is 20.3 Å². The van der Waals surface area contributed by atoms with Gasteiger partial charge >= 0.3 is 5.97 Å². The second-order valence-corrected chi connectivity index (χ2v) is 7.80. The minimum Gasteiger partial charge on any atom is -0.497 e. The molecule has 6 nitrogen and oxygen atoms in total. The number of benzene rings is 2. The standard InChI is InChI=1S/C25H26O6/c1-28-18-10-8-16(9-11-18)21-15-23(24(27)29-2)31-25-20(21)13-12-19(30-25)14-22(26)17-6-4-3-5-7-17/h3-11,15,19-21,25H,12-14H2,1-2H3/t19-,20-,21-,25-/m1/s1. The first-order chi connectivity index (χ1) is 15.1. The van der Waals surface area contributed by atoms with Gasteiger partial charge in [0, 0.05) is 23.8 Å². The molecule has 0 bridgehead atoms. The van der Waals surface area contributed by atoms with Crippen LogP contribution in [-0.4, -0.2) is 38.4 Å². The van der Waals surface area contributed by atoms with Crippen LogP contribution in [-0.2, 0) is 19.0 Å². The van der Waals surface area contributed by atoms with E-state index >= 15 is 0 Å². The van der Waals surface area contributed by atoms with Crippen molar-refractivity contribution in [1.29, 1.82) is 0 Å². The summed E-state index contributed by atoms with van der Waals surface area (Å²) in [6, 6.07) is 17.0. The van der Waals surface area contributed by atoms with E-state index in [9.17, 15) is 9.59 Å². The van der Waals surface area contributed by atoms with E-state index in [4.69, 9.17) is 18.9 Å². The van der Waals surface area contributed by atoms with Gasteiger partial charge in [-0.05, 0) is 36.6 Å². The lowest BCUT2D eigenvalue weighted by molar-refractivity contribution is -0.215. The summed E-state index contributed by atoms with van der Waals surface area (Å²) >= 11 is 0. The number of rotatable bonds is 6. The molecule has 4 atom stereocenters. The molecule has 6 heteroatoms. The van der Waals surface area contributed by atoms with Gasteiger partial charge in [-0.25, -0.2) is 4.79 Å². The van der Waals surface area contributed by atoms with E-state index in [1.807, 2.05) is 60.7 Å². The predicted octanol–water partition coefficient (Wildman–Crippen LogP) is 4.26. The average Bonchev–Trinajstić information content (AvgIpc) is 2.83. The Kier molecular flexibility index (Phi) is 6.37. The number of carbonyl (C=O) groups excluding carboxylic acids is 2. The minimum absolute atomic E-state index is 0.0323. The molecule has 0 unspecified atom stereocenters. The summed E-state index contributed by atoms with van der Waals surface area (Å²) < 4.78 is 22.2. The molecule has 0 amide bonds. The largest absolute Gasteiger partial charge is 0.497 e. The molecule has 0 spiro atoms. The summed E-state index contributed by atoms with van der Waals surface area (Å²) in [7, 11) is 2.95. The normalized spacial score (nSPS) is 24.9. The van der Waals surface area contributed by atoms with Gasteiger partial charge in [-0.3, -0.25) is 4.79 Å². The summed E-state index contributed by atoms with van der Waals surface area (Å²) in [5.74, 6) is 0.372. The van der Waals surface area contributed by atoms with Crippen LogP contribution in [0.1, 0.15) is 41.1 Å². The molecule has 31 heavy (non-hydrogen) atoms. The smallest absolute Gasteiger partial charge is 0.373 e. The van der Waals surface area contributed by atoms with Crippen molar-refractivity contribution in [1.82, 2.24) is 0 Å². The van der Waals surface area contributed by atoms with Crippen molar-refractivity contribution in [2.45, 2.75) is 37.6 Å². The van der Waals surface area contributed by atoms with E-state index in [1.165, 1.54) is 7.11 Å². The maximum Gasteiger partial charge on any atom is 0.373 e. The summed E-state index contributed by atoms with van der Waals surface area (Å²) in [5.41, 5.74) is 1.71. The monoisotopic (exact) mass is 422 g/mol. The van der Waals surface area contributed by atoms with Crippen LogP contribution in [0.2, 0.25) is 0 Å². The molecule has 0 aromatic heterocycles. The Balaban J connectivity index is 1.53. The Bertz CT molecular complexity index is 950. The van der Waals surface area contributed by atoms with Crippen molar-refractivity contribution in [2.75, 3.05) is 14.2 Å². The van der Waals surface area contributed by atoms with Gasteiger partial charge in [-0.1, -0.05) is 42.5 Å². The summed E-state index contributed by atoms with van der Waals surface area (Å²) in [4.78, 5) is 24.8. The van der Waals surface area contributed by atoms with Crippen LogP contribution in [0, 0.1) is 5.92 Å². The lowest BCUT2D eigenvalue weighted by atomic mass is 9.78. The first kappa shape index (κ1) is 21.1. The summed E-state index contributed by atoms with van der Waals surface area (Å²) in [5, 5.41) is 0. The third-order valence-corrected chi connectivity index (χ3v) is 5.93. The van der Waals surface area contributed by atoms with E-state index in [0.29, 0.717) is 5.56 Å². The van der Waals surface area contributed by atoms with E-state index in [2.05, 4.69) is 0 Å². The number of ketones is 1. The van der Waals surface area contributed by atoms with Crippen molar-refractivity contribution < 1.29 is 28.5 Å². The Morgan fingerprint density at radius 2 is 1.74 bits per heavy atom. The minimum atomic E-state index is -0.617. The first-order valence-corrected chi connectivity index (χ1v) is 10.4. The Morgan fingerprint density at radius 1 is 1.00 bits per heavy atom. The molecule has 2 aliphatic heterocycles. The molecule has 4 rings (SSSR count). The third-order valence-electron chi connectivity index (χ3n) is 5.93. The van der Waals surface area contributed by atoms with Gasteiger partial charge < -0.3 is 18.9 Å². The fraction of sp³-hybridized carbons (Fsp3) is 0.360. The quantitative estimate of drug-likeness (QED) is 0.512. The number of ether oxygens (including phenoxy) is 4. The van der Waals surface area contributed by atoms with E-state index in [1.54, 1.807) is 7.11 Å². The maximum atomic E-state index is 12.6. The topological polar surface area (TPSA) is 71.1 Å².